The van der Waals surface area contributed by atoms with Gasteiger partial charge < -0.3 is 14.7 Å². The molecule has 1 aromatic rings. The number of aliphatic carboxylic acids is 1. The van der Waals surface area contributed by atoms with Crippen LogP contribution in [-0.4, -0.2) is 29.8 Å². The van der Waals surface area contributed by atoms with Gasteiger partial charge in [-0.1, -0.05) is 13.0 Å². The number of carbonyl (C=O) groups is 1. The molecule has 0 radical (unpaired) electrons. The molecule has 1 aromatic carbocycles. The summed E-state index contributed by atoms with van der Waals surface area (Å²) in [6.07, 6.45) is 0.928. The van der Waals surface area contributed by atoms with Crippen LogP contribution < -0.4 is 9.64 Å². The summed E-state index contributed by atoms with van der Waals surface area (Å²) in [7, 11) is 0. The van der Waals surface area contributed by atoms with Crippen molar-refractivity contribution in [3.8, 4) is 5.75 Å². The first-order chi connectivity index (χ1) is 8.52. The lowest BCUT2D eigenvalue weighted by Gasteiger charge is -2.38. The number of carboxylic acid groups (broad SMARTS) is 1. The lowest BCUT2D eigenvalue weighted by molar-refractivity contribution is -0.138. The van der Waals surface area contributed by atoms with E-state index in [2.05, 4.69) is 6.92 Å². The molecule has 0 aromatic heterocycles. The molecule has 98 valence electrons. The molecule has 2 atom stereocenters. The van der Waals surface area contributed by atoms with Crippen molar-refractivity contribution >= 4 is 11.7 Å². The molecule has 0 fully saturated rings. The lowest BCUT2D eigenvalue weighted by Crippen LogP contribution is -2.47. The van der Waals surface area contributed by atoms with Crippen LogP contribution in [0.1, 0.15) is 25.8 Å². The average Bonchev–Trinajstić information content (AvgIpc) is 2.35. The molecule has 0 bridgehead atoms. The average molecular weight is 249 g/mol. The summed E-state index contributed by atoms with van der Waals surface area (Å²) in [6.45, 7) is 6.39. The number of carboxylic acids is 1. The summed E-state index contributed by atoms with van der Waals surface area (Å²) in [5.74, 6) is -0.0144. The van der Waals surface area contributed by atoms with E-state index in [-0.39, 0.29) is 6.10 Å². The van der Waals surface area contributed by atoms with Crippen molar-refractivity contribution in [2.24, 2.45) is 0 Å². The molecule has 0 saturated heterocycles. The van der Waals surface area contributed by atoms with Gasteiger partial charge in [0.25, 0.3) is 0 Å². The molecular formula is C14H19NO3. The largest absolute Gasteiger partial charge is 0.486 e. The first kappa shape index (κ1) is 12.7. The third-order valence-corrected chi connectivity index (χ3v) is 3.40. The first-order valence-corrected chi connectivity index (χ1v) is 6.29. The summed E-state index contributed by atoms with van der Waals surface area (Å²) in [6, 6.07) is 5.36. The minimum atomic E-state index is -0.807. The molecular weight excluding hydrogens is 230 g/mol. The number of nitrogens with zero attached hydrogens (tertiary/aromatic N) is 1. The van der Waals surface area contributed by atoms with Gasteiger partial charge in [-0.25, -0.2) is 4.79 Å². The van der Waals surface area contributed by atoms with Gasteiger partial charge >= 0.3 is 5.97 Å². The number of aryl methyl sites for hydroxylation is 1. The number of hydrogen-bond acceptors (Lipinski definition) is 3. The number of ether oxygens (including phenoxy) is 1. The Bertz CT molecular complexity index is 458. The molecule has 0 amide bonds. The zero-order chi connectivity index (χ0) is 13.3. The van der Waals surface area contributed by atoms with E-state index in [0.717, 1.165) is 23.4 Å². The van der Waals surface area contributed by atoms with Crippen LogP contribution in [0.5, 0.6) is 5.75 Å². The maximum absolute atomic E-state index is 11.2. The van der Waals surface area contributed by atoms with E-state index in [0.29, 0.717) is 6.54 Å². The summed E-state index contributed by atoms with van der Waals surface area (Å²) in [5.41, 5.74) is 1.99. The number of fused-ring (bicyclic) bond motifs is 1. The van der Waals surface area contributed by atoms with Crippen LogP contribution in [0.15, 0.2) is 18.2 Å². The molecule has 1 aliphatic heterocycles. The smallest absolute Gasteiger partial charge is 0.326 e. The van der Waals surface area contributed by atoms with Crippen molar-refractivity contribution in [2.45, 2.75) is 39.3 Å². The first-order valence-electron chi connectivity index (χ1n) is 6.29. The Balaban J connectivity index is 2.39. The van der Waals surface area contributed by atoms with Gasteiger partial charge in [0.2, 0.25) is 0 Å². The fourth-order valence-electron chi connectivity index (χ4n) is 2.20. The Kier molecular flexibility index (Phi) is 3.45. The molecule has 4 nitrogen and oxygen atoms in total. The third kappa shape index (κ3) is 2.28. The van der Waals surface area contributed by atoms with Crippen LogP contribution in [0, 0.1) is 6.92 Å². The molecule has 18 heavy (non-hydrogen) atoms. The van der Waals surface area contributed by atoms with Crippen molar-refractivity contribution in [3.05, 3.63) is 23.8 Å². The van der Waals surface area contributed by atoms with Crippen LogP contribution in [0.4, 0.5) is 5.69 Å². The van der Waals surface area contributed by atoms with Crippen LogP contribution >= 0.6 is 0 Å². The van der Waals surface area contributed by atoms with Crippen LogP contribution in [0.25, 0.3) is 0 Å². The van der Waals surface area contributed by atoms with E-state index >= 15 is 0 Å². The fraction of sp³-hybridized carbons (Fsp3) is 0.500. The molecule has 1 aliphatic rings. The minimum absolute atomic E-state index is 0.0566. The molecule has 0 spiro atoms. The van der Waals surface area contributed by atoms with Gasteiger partial charge in [-0.15, -0.1) is 0 Å². The Hall–Kier alpha value is -1.71. The highest BCUT2D eigenvalue weighted by Crippen LogP contribution is 2.36. The highest BCUT2D eigenvalue weighted by atomic mass is 16.5. The second-order valence-electron chi connectivity index (χ2n) is 4.79. The molecule has 4 heteroatoms. The van der Waals surface area contributed by atoms with Gasteiger partial charge in [-0.3, -0.25) is 0 Å². The normalized spacial score (nSPS) is 19.9. The molecule has 1 heterocycles. The van der Waals surface area contributed by atoms with Crippen LogP contribution in [-0.2, 0) is 4.79 Å². The number of rotatable bonds is 3. The predicted molar refractivity (Wildman–Crippen MR) is 70.3 cm³/mol. The van der Waals surface area contributed by atoms with Crippen molar-refractivity contribution in [2.75, 3.05) is 11.4 Å². The number of hydrogen-bond donors (Lipinski definition) is 1. The SMILES string of the molecule is CCC1CN(C(C)C(=O)O)c2ccc(C)cc2O1. The van der Waals surface area contributed by atoms with E-state index in [1.165, 1.54) is 0 Å². The Morgan fingerprint density at radius 1 is 1.61 bits per heavy atom. The van der Waals surface area contributed by atoms with Gasteiger partial charge in [0.1, 0.15) is 17.9 Å². The van der Waals surface area contributed by atoms with Crippen molar-refractivity contribution < 1.29 is 14.6 Å². The van der Waals surface area contributed by atoms with Gasteiger partial charge in [0, 0.05) is 0 Å². The Morgan fingerprint density at radius 3 is 2.94 bits per heavy atom. The molecule has 2 rings (SSSR count). The molecule has 2 unspecified atom stereocenters. The second kappa shape index (κ2) is 4.88. The summed E-state index contributed by atoms with van der Waals surface area (Å²) >= 11 is 0. The monoisotopic (exact) mass is 249 g/mol. The van der Waals surface area contributed by atoms with E-state index in [1.807, 2.05) is 30.0 Å². The quantitative estimate of drug-likeness (QED) is 0.894. The fourth-order valence-corrected chi connectivity index (χ4v) is 2.20. The van der Waals surface area contributed by atoms with Crippen molar-refractivity contribution in [1.82, 2.24) is 0 Å². The Morgan fingerprint density at radius 2 is 2.33 bits per heavy atom. The maximum Gasteiger partial charge on any atom is 0.326 e. The van der Waals surface area contributed by atoms with E-state index < -0.39 is 12.0 Å². The standard InChI is InChI=1S/C14H19NO3/c1-4-11-8-15(10(3)14(16)17)12-6-5-9(2)7-13(12)18-11/h5-7,10-11H,4,8H2,1-3H3,(H,16,17). The van der Waals surface area contributed by atoms with Crippen molar-refractivity contribution in [3.63, 3.8) is 0 Å². The van der Waals surface area contributed by atoms with Gasteiger partial charge in [0.15, 0.2) is 0 Å². The summed E-state index contributed by atoms with van der Waals surface area (Å²) in [4.78, 5) is 13.1. The number of benzene rings is 1. The van der Waals surface area contributed by atoms with E-state index in [1.54, 1.807) is 6.92 Å². The van der Waals surface area contributed by atoms with Gasteiger partial charge in [-0.2, -0.15) is 0 Å². The van der Waals surface area contributed by atoms with Crippen molar-refractivity contribution in [1.29, 1.82) is 0 Å². The summed E-state index contributed by atoms with van der Waals surface area (Å²) < 4.78 is 5.89. The van der Waals surface area contributed by atoms with E-state index in [9.17, 15) is 9.90 Å². The van der Waals surface area contributed by atoms with Gasteiger partial charge in [0.05, 0.1) is 12.2 Å². The highest BCUT2D eigenvalue weighted by molar-refractivity contribution is 5.79. The lowest BCUT2D eigenvalue weighted by atomic mass is 10.1. The molecule has 1 N–H and O–H groups in total. The van der Waals surface area contributed by atoms with Crippen LogP contribution in [0.2, 0.25) is 0 Å². The number of anilines is 1. The zero-order valence-corrected chi connectivity index (χ0v) is 11.0. The third-order valence-electron chi connectivity index (χ3n) is 3.40. The molecule has 0 aliphatic carbocycles. The highest BCUT2D eigenvalue weighted by Gasteiger charge is 2.30. The second-order valence-corrected chi connectivity index (χ2v) is 4.79. The maximum atomic E-state index is 11.2. The zero-order valence-electron chi connectivity index (χ0n) is 11.0. The predicted octanol–water partition coefficient (Wildman–Crippen LogP) is 2.45. The molecule has 0 saturated carbocycles. The Labute approximate surface area is 107 Å². The van der Waals surface area contributed by atoms with E-state index in [4.69, 9.17) is 4.74 Å². The van der Waals surface area contributed by atoms with Gasteiger partial charge in [-0.05, 0) is 38.0 Å². The topological polar surface area (TPSA) is 49.8 Å². The minimum Gasteiger partial charge on any atom is -0.486 e. The van der Waals surface area contributed by atoms with Crippen LogP contribution in [0.3, 0.4) is 0 Å². The summed E-state index contributed by atoms with van der Waals surface area (Å²) in [5, 5.41) is 9.19.